The van der Waals surface area contributed by atoms with Crippen molar-refractivity contribution in [3.63, 3.8) is 0 Å². The maximum absolute atomic E-state index is 11.6. The van der Waals surface area contributed by atoms with E-state index in [4.69, 9.17) is 5.73 Å². The highest BCUT2D eigenvalue weighted by atomic mass is 16.1. The van der Waals surface area contributed by atoms with E-state index < -0.39 is 0 Å². The van der Waals surface area contributed by atoms with Crippen LogP contribution in [0.15, 0.2) is 18.3 Å². The molecule has 0 fully saturated rings. The van der Waals surface area contributed by atoms with Crippen LogP contribution in [0.5, 0.6) is 0 Å². The summed E-state index contributed by atoms with van der Waals surface area (Å²) in [5.74, 6) is 0.0644. The van der Waals surface area contributed by atoms with Gasteiger partial charge < -0.3 is 5.73 Å². The lowest BCUT2D eigenvalue weighted by molar-refractivity contribution is -0.119. The lowest BCUT2D eigenvalue weighted by Gasteiger charge is -2.22. The van der Waals surface area contributed by atoms with Crippen LogP contribution in [0.1, 0.15) is 30.0 Å². The molecule has 3 heteroatoms. The summed E-state index contributed by atoms with van der Waals surface area (Å²) in [6, 6.07) is 3.98. The number of aromatic nitrogens is 1. The molecule has 0 amide bonds. The molecule has 1 aromatic rings. The molecule has 2 rings (SSSR count). The van der Waals surface area contributed by atoms with Gasteiger partial charge >= 0.3 is 0 Å². The zero-order valence-corrected chi connectivity index (χ0v) is 8.07. The molecule has 1 aromatic heterocycles. The van der Waals surface area contributed by atoms with Crippen molar-refractivity contribution < 1.29 is 4.79 Å². The number of nitrogens with two attached hydrogens (primary N) is 1. The number of hydrogen-bond donors (Lipinski definition) is 1. The first-order chi connectivity index (χ1) is 6.83. The van der Waals surface area contributed by atoms with Crippen LogP contribution in [0, 0.1) is 0 Å². The average Bonchev–Trinajstić information content (AvgIpc) is 2.27. The zero-order chi connectivity index (χ0) is 9.97. The van der Waals surface area contributed by atoms with Crippen molar-refractivity contribution >= 4 is 5.78 Å². The first-order valence-electron chi connectivity index (χ1n) is 4.99. The van der Waals surface area contributed by atoms with Crippen molar-refractivity contribution in [2.45, 2.75) is 25.2 Å². The summed E-state index contributed by atoms with van der Waals surface area (Å²) < 4.78 is 0. The summed E-state index contributed by atoms with van der Waals surface area (Å²) in [5, 5.41) is 0. The predicted octanol–water partition coefficient (Wildman–Crippen LogP) is 1.03. The molecule has 1 heterocycles. The van der Waals surface area contributed by atoms with Gasteiger partial charge in [-0.2, -0.15) is 0 Å². The van der Waals surface area contributed by atoms with Gasteiger partial charge in [-0.25, -0.2) is 0 Å². The third-order valence-electron chi connectivity index (χ3n) is 2.78. The Balaban J connectivity index is 2.35. The van der Waals surface area contributed by atoms with Gasteiger partial charge in [0, 0.05) is 6.20 Å². The molecular weight excluding hydrogens is 176 g/mol. The van der Waals surface area contributed by atoms with E-state index in [1.165, 1.54) is 5.56 Å². The molecule has 1 atom stereocenters. The first kappa shape index (κ1) is 9.34. The number of carbonyl (C=O) groups excluding carboxylic acids is 1. The first-order valence-corrected chi connectivity index (χ1v) is 4.99. The van der Waals surface area contributed by atoms with Crippen molar-refractivity contribution in [3.05, 3.63) is 29.6 Å². The van der Waals surface area contributed by atoms with Crippen molar-refractivity contribution in [2.75, 3.05) is 6.54 Å². The maximum Gasteiger partial charge on any atom is 0.155 e. The fraction of sp³-hybridized carbons (Fsp3) is 0.455. The molecule has 0 saturated carbocycles. The fourth-order valence-corrected chi connectivity index (χ4v) is 2.07. The Morgan fingerprint density at radius 1 is 1.64 bits per heavy atom. The lowest BCUT2D eigenvalue weighted by Crippen LogP contribution is -2.25. The molecule has 1 unspecified atom stereocenters. The third-order valence-corrected chi connectivity index (χ3v) is 2.78. The van der Waals surface area contributed by atoms with E-state index in [1.54, 1.807) is 6.20 Å². The molecule has 3 nitrogen and oxygen atoms in total. The Labute approximate surface area is 83.3 Å². The molecule has 1 aliphatic carbocycles. The molecule has 0 aromatic carbocycles. The molecule has 0 aliphatic heterocycles. The van der Waals surface area contributed by atoms with Gasteiger partial charge in [0.15, 0.2) is 5.78 Å². The van der Waals surface area contributed by atoms with Gasteiger partial charge in [0.05, 0.1) is 18.2 Å². The van der Waals surface area contributed by atoms with Crippen LogP contribution < -0.4 is 5.73 Å². The van der Waals surface area contributed by atoms with E-state index in [1.807, 2.05) is 6.07 Å². The molecule has 2 N–H and O–H groups in total. The fourth-order valence-electron chi connectivity index (χ4n) is 2.07. The van der Waals surface area contributed by atoms with Gasteiger partial charge in [-0.1, -0.05) is 6.07 Å². The molecule has 74 valence electrons. The van der Waals surface area contributed by atoms with Crippen LogP contribution in [-0.4, -0.2) is 17.3 Å². The van der Waals surface area contributed by atoms with Crippen LogP contribution >= 0.6 is 0 Å². The molecule has 0 bridgehead atoms. The van der Waals surface area contributed by atoms with Crippen LogP contribution in [0.25, 0.3) is 0 Å². The van der Waals surface area contributed by atoms with E-state index in [0.717, 1.165) is 25.0 Å². The minimum atomic E-state index is -0.0510. The van der Waals surface area contributed by atoms with Gasteiger partial charge in [-0.15, -0.1) is 0 Å². The quantitative estimate of drug-likeness (QED) is 0.757. The summed E-state index contributed by atoms with van der Waals surface area (Å²) in [6.45, 7) is 0.126. The van der Waals surface area contributed by atoms with Crippen molar-refractivity contribution in [1.29, 1.82) is 0 Å². The Bertz CT molecular complexity index is 349. The summed E-state index contributed by atoms with van der Waals surface area (Å²) in [4.78, 5) is 15.9. The van der Waals surface area contributed by atoms with Gasteiger partial charge in [0.1, 0.15) is 0 Å². The van der Waals surface area contributed by atoms with Crippen molar-refractivity contribution in [3.8, 4) is 0 Å². The minimum absolute atomic E-state index is 0.0510. The predicted molar refractivity (Wildman–Crippen MR) is 54.0 cm³/mol. The highest BCUT2D eigenvalue weighted by molar-refractivity contribution is 5.87. The van der Waals surface area contributed by atoms with Crippen LogP contribution in [0.2, 0.25) is 0 Å². The second-order valence-corrected chi connectivity index (χ2v) is 3.66. The molecule has 1 aliphatic rings. The number of carbonyl (C=O) groups is 1. The summed E-state index contributed by atoms with van der Waals surface area (Å²) in [6.07, 6.45) is 4.76. The summed E-state index contributed by atoms with van der Waals surface area (Å²) in [7, 11) is 0. The SMILES string of the molecule is NCC(=O)C1CCCc2cccnc21. The van der Waals surface area contributed by atoms with E-state index >= 15 is 0 Å². The lowest BCUT2D eigenvalue weighted by atomic mass is 9.84. The number of nitrogens with zero attached hydrogens (tertiary/aromatic N) is 1. The zero-order valence-electron chi connectivity index (χ0n) is 8.07. The van der Waals surface area contributed by atoms with E-state index in [9.17, 15) is 4.79 Å². The minimum Gasteiger partial charge on any atom is -0.324 e. The smallest absolute Gasteiger partial charge is 0.155 e. The molecule has 0 spiro atoms. The number of ketones is 1. The Kier molecular flexibility index (Phi) is 2.59. The summed E-state index contributed by atoms with van der Waals surface area (Å²) >= 11 is 0. The number of aryl methyl sites for hydroxylation is 1. The van der Waals surface area contributed by atoms with E-state index in [2.05, 4.69) is 11.1 Å². The highest BCUT2D eigenvalue weighted by Crippen LogP contribution is 2.29. The molecule has 0 saturated heterocycles. The largest absolute Gasteiger partial charge is 0.324 e. The van der Waals surface area contributed by atoms with Crippen LogP contribution in [0.3, 0.4) is 0 Å². The summed E-state index contributed by atoms with van der Waals surface area (Å²) in [5.41, 5.74) is 7.55. The van der Waals surface area contributed by atoms with Crippen LogP contribution in [-0.2, 0) is 11.2 Å². The van der Waals surface area contributed by atoms with Crippen molar-refractivity contribution in [2.24, 2.45) is 5.73 Å². The van der Waals surface area contributed by atoms with Crippen LogP contribution in [0.4, 0.5) is 0 Å². The number of hydrogen-bond acceptors (Lipinski definition) is 3. The topological polar surface area (TPSA) is 56.0 Å². The Hall–Kier alpha value is -1.22. The van der Waals surface area contributed by atoms with Crippen molar-refractivity contribution in [1.82, 2.24) is 4.98 Å². The number of rotatable bonds is 2. The van der Waals surface area contributed by atoms with Gasteiger partial charge in [-0.05, 0) is 30.9 Å². The molecular formula is C11H14N2O. The van der Waals surface area contributed by atoms with Gasteiger partial charge in [0.25, 0.3) is 0 Å². The second kappa shape index (κ2) is 3.88. The second-order valence-electron chi connectivity index (χ2n) is 3.66. The maximum atomic E-state index is 11.6. The van der Waals surface area contributed by atoms with Gasteiger partial charge in [-0.3, -0.25) is 9.78 Å². The Morgan fingerprint density at radius 3 is 3.29 bits per heavy atom. The monoisotopic (exact) mass is 190 g/mol. The molecule has 14 heavy (non-hydrogen) atoms. The average molecular weight is 190 g/mol. The standard InChI is InChI=1S/C11H14N2O/c12-7-10(14)9-5-1-3-8-4-2-6-13-11(8)9/h2,4,6,9H,1,3,5,7,12H2. The Morgan fingerprint density at radius 2 is 2.50 bits per heavy atom. The number of pyridine rings is 1. The normalized spacial score (nSPS) is 20.2. The number of fused-ring (bicyclic) bond motifs is 1. The van der Waals surface area contributed by atoms with Gasteiger partial charge in [0.2, 0.25) is 0 Å². The third kappa shape index (κ3) is 1.55. The molecule has 0 radical (unpaired) electrons. The van der Waals surface area contributed by atoms with E-state index in [-0.39, 0.29) is 18.2 Å². The number of Topliss-reactive ketones (excluding diaryl/α,β-unsaturated/α-hetero) is 1. The van der Waals surface area contributed by atoms with E-state index in [0.29, 0.717) is 0 Å². The highest BCUT2D eigenvalue weighted by Gasteiger charge is 2.26.